The highest BCUT2D eigenvalue weighted by Gasteiger charge is 1.98. The monoisotopic (exact) mass is 174 g/mol. The number of aliphatic hydroxyl groups excluding tert-OH is 1. The molecule has 1 unspecified atom stereocenters. The van der Waals surface area contributed by atoms with Crippen LogP contribution in [0.3, 0.4) is 0 Å². The molecule has 1 N–H and O–H groups in total. The van der Waals surface area contributed by atoms with Crippen LogP contribution in [0, 0.1) is 5.92 Å². The Morgan fingerprint density at radius 2 is 1.67 bits per heavy atom. The molecule has 0 heterocycles. The second-order valence-corrected chi connectivity index (χ2v) is 3.11. The zero-order valence-electron chi connectivity index (χ0n) is 9.27. The van der Waals surface area contributed by atoms with E-state index in [0.717, 1.165) is 12.3 Å². The minimum atomic E-state index is 0.360. The van der Waals surface area contributed by atoms with Crippen molar-refractivity contribution in [3.63, 3.8) is 0 Å². The van der Waals surface area contributed by atoms with Crippen molar-refractivity contribution in [3.05, 3.63) is 0 Å². The highest BCUT2D eigenvalue weighted by atomic mass is 16.2. The van der Waals surface area contributed by atoms with Crippen LogP contribution in [0.25, 0.3) is 0 Å². The quantitative estimate of drug-likeness (QED) is 0.610. The summed E-state index contributed by atoms with van der Waals surface area (Å²) in [6.45, 7) is 8.88. The normalized spacial score (nSPS) is 11.8. The van der Waals surface area contributed by atoms with Gasteiger partial charge in [0, 0.05) is 6.61 Å². The van der Waals surface area contributed by atoms with Crippen LogP contribution in [0.5, 0.6) is 0 Å². The van der Waals surface area contributed by atoms with Crippen molar-refractivity contribution in [1.82, 2.24) is 0 Å². The lowest BCUT2D eigenvalue weighted by molar-refractivity contribution is 0.278. The topological polar surface area (TPSA) is 20.2 Å². The second kappa shape index (κ2) is 13.5. The maximum Gasteiger partial charge on any atom is 0.0431 e. The molecule has 12 heavy (non-hydrogen) atoms. The number of aliphatic hydroxyl groups is 1. The van der Waals surface area contributed by atoms with E-state index >= 15 is 0 Å². The van der Waals surface area contributed by atoms with Crippen LogP contribution in [0.4, 0.5) is 0 Å². The van der Waals surface area contributed by atoms with Gasteiger partial charge < -0.3 is 5.11 Å². The molecule has 0 spiro atoms. The first-order valence-electron chi connectivity index (χ1n) is 5.42. The molecule has 0 aromatic heterocycles. The van der Waals surface area contributed by atoms with E-state index in [0.29, 0.717) is 6.61 Å². The van der Waals surface area contributed by atoms with E-state index in [1.165, 1.54) is 25.7 Å². The summed E-state index contributed by atoms with van der Waals surface area (Å²) < 4.78 is 0. The summed E-state index contributed by atoms with van der Waals surface area (Å²) in [5.41, 5.74) is 0. The first-order valence-corrected chi connectivity index (χ1v) is 5.42. The van der Waals surface area contributed by atoms with Crippen LogP contribution in [0.15, 0.2) is 0 Å². The van der Waals surface area contributed by atoms with Crippen LogP contribution in [-0.2, 0) is 0 Å². The molecule has 0 amide bonds. The average Bonchev–Trinajstić information content (AvgIpc) is 2.09. The molecule has 0 bridgehead atoms. The van der Waals surface area contributed by atoms with E-state index in [9.17, 15) is 0 Å². The predicted molar refractivity (Wildman–Crippen MR) is 56.4 cm³/mol. The molecule has 0 aromatic carbocycles. The standard InChI is InChI=1S/C9H20O.C2H6/c1-3-6-9(2)7-4-5-8-10;1-2/h9-10H,3-8H2,1-2H3;1-2H3. The molecular formula is C11H26O. The Balaban J connectivity index is 0. The van der Waals surface area contributed by atoms with Crippen molar-refractivity contribution in [3.8, 4) is 0 Å². The van der Waals surface area contributed by atoms with Crippen LogP contribution >= 0.6 is 0 Å². The van der Waals surface area contributed by atoms with E-state index in [-0.39, 0.29) is 0 Å². The van der Waals surface area contributed by atoms with Gasteiger partial charge >= 0.3 is 0 Å². The third-order valence-corrected chi connectivity index (χ3v) is 1.89. The lowest BCUT2D eigenvalue weighted by Gasteiger charge is -2.07. The molecule has 1 atom stereocenters. The molecule has 0 radical (unpaired) electrons. The minimum absolute atomic E-state index is 0.360. The van der Waals surface area contributed by atoms with E-state index in [2.05, 4.69) is 13.8 Å². The summed E-state index contributed by atoms with van der Waals surface area (Å²) >= 11 is 0. The average molecular weight is 174 g/mol. The van der Waals surface area contributed by atoms with Gasteiger partial charge in [-0.2, -0.15) is 0 Å². The van der Waals surface area contributed by atoms with Gasteiger partial charge in [-0.25, -0.2) is 0 Å². The molecule has 76 valence electrons. The Hall–Kier alpha value is -0.0400. The first kappa shape index (κ1) is 14.5. The van der Waals surface area contributed by atoms with Gasteiger partial charge in [-0.15, -0.1) is 0 Å². The van der Waals surface area contributed by atoms with Gasteiger partial charge in [-0.3, -0.25) is 0 Å². The van der Waals surface area contributed by atoms with E-state index in [1.54, 1.807) is 0 Å². The zero-order chi connectivity index (χ0) is 9.82. The summed E-state index contributed by atoms with van der Waals surface area (Å²) in [5.74, 6) is 0.858. The first-order chi connectivity index (χ1) is 5.81. The third kappa shape index (κ3) is 12.6. The third-order valence-electron chi connectivity index (χ3n) is 1.89. The maximum atomic E-state index is 8.51. The van der Waals surface area contributed by atoms with Gasteiger partial charge in [-0.1, -0.05) is 53.4 Å². The molecule has 0 saturated heterocycles. The summed E-state index contributed by atoms with van der Waals surface area (Å²) in [7, 11) is 0. The van der Waals surface area contributed by atoms with Crippen molar-refractivity contribution in [2.75, 3.05) is 6.61 Å². The lowest BCUT2D eigenvalue weighted by atomic mass is 9.99. The molecule has 0 aromatic rings. The van der Waals surface area contributed by atoms with Crippen molar-refractivity contribution in [2.24, 2.45) is 5.92 Å². The molecule has 0 aliphatic carbocycles. The molecule has 1 nitrogen and oxygen atoms in total. The molecular weight excluding hydrogens is 148 g/mol. The van der Waals surface area contributed by atoms with Gasteiger partial charge in [0.25, 0.3) is 0 Å². The Morgan fingerprint density at radius 3 is 2.08 bits per heavy atom. The van der Waals surface area contributed by atoms with Gasteiger partial charge in [0.2, 0.25) is 0 Å². The van der Waals surface area contributed by atoms with Crippen LogP contribution < -0.4 is 0 Å². The SMILES string of the molecule is CC.CCCC(C)CCCCO. The van der Waals surface area contributed by atoms with Crippen molar-refractivity contribution in [1.29, 1.82) is 0 Å². The zero-order valence-corrected chi connectivity index (χ0v) is 9.27. The summed E-state index contributed by atoms with van der Waals surface area (Å²) in [5, 5.41) is 8.51. The summed E-state index contributed by atoms with van der Waals surface area (Å²) in [6, 6.07) is 0. The van der Waals surface area contributed by atoms with E-state index in [4.69, 9.17) is 5.11 Å². The van der Waals surface area contributed by atoms with Crippen LogP contribution in [0.1, 0.15) is 59.8 Å². The Labute approximate surface area is 78.2 Å². The van der Waals surface area contributed by atoms with Crippen LogP contribution in [-0.4, -0.2) is 11.7 Å². The van der Waals surface area contributed by atoms with Crippen molar-refractivity contribution >= 4 is 0 Å². The number of rotatable bonds is 6. The molecule has 0 saturated carbocycles. The molecule has 0 rings (SSSR count). The van der Waals surface area contributed by atoms with Gasteiger partial charge in [0.05, 0.1) is 0 Å². The Kier molecular flexibility index (Phi) is 16.3. The second-order valence-electron chi connectivity index (χ2n) is 3.11. The fourth-order valence-corrected chi connectivity index (χ4v) is 1.24. The smallest absolute Gasteiger partial charge is 0.0431 e. The van der Waals surface area contributed by atoms with Gasteiger partial charge in [-0.05, 0) is 12.3 Å². The fourth-order valence-electron chi connectivity index (χ4n) is 1.24. The fraction of sp³-hybridized carbons (Fsp3) is 1.00. The lowest BCUT2D eigenvalue weighted by Crippen LogP contribution is -1.94. The van der Waals surface area contributed by atoms with Crippen molar-refractivity contribution in [2.45, 2.75) is 59.8 Å². The summed E-state index contributed by atoms with van der Waals surface area (Å²) in [6.07, 6.45) is 6.09. The molecule has 0 aliphatic heterocycles. The number of unbranched alkanes of at least 4 members (excludes halogenated alkanes) is 1. The highest BCUT2D eigenvalue weighted by Crippen LogP contribution is 2.12. The highest BCUT2D eigenvalue weighted by molar-refractivity contribution is 4.51. The van der Waals surface area contributed by atoms with Crippen molar-refractivity contribution < 1.29 is 5.11 Å². The molecule has 0 fully saturated rings. The maximum absolute atomic E-state index is 8.51. The van der Waals surface area contributed by atoms with E-state index < -0.39 is 0 Å². The van der Waals surface area contributed by atoms with Crippen LogP contribution in [0.2, 0.25) is 0 Å². The number of hydrogen-bond donors (Lipinski definition) is 1. The Morgan fingerprint density at radius 1 is 1.08 bits per heavy atom. The molecule has 1 heteroatoms. The number of hydrogen-bond acceptors (Lipinski definition) is 1. The predicted octanol–water partition coefficient (Wildman–Crippen LogP) is 3.61. The Bertz CT molecular complexity index is 62.0. The minimum Gasteiger partial charge on any atom is -0.396 e. The summed E-state index contributed by atoms with van der Waals surface area (Å²) in [4.78, 5) is 0. The van der Waals surface area contributed by atoms with Gasteiger partial charge in [0.15, 0.2) is 0 Å². The largest absolute Gasteiger partial charge is 0.396 e. The van der Waals surface area contributed by atoms with Gasteiger partial charge in [0.1, 0.15) is 0 Å². The van der Waals surface area contributed by atoms with E-state index in [1.807, 2.05) is 13.8 Å². The molecule has 0 aliphatic rings.